The van der Waals surface area contributed by atoms with Gasteiger partial charge in [0.25, 0.3) is 5.91 Å². The Morgan fingerprint density at radius 3 is 2.57 bits per heavy atom. The first kappa shape index (κ1) is 19.8. The van der Waals surface area contributed by atoms with Crippen LogP contribution in [0.25, 0.3) is 0 Å². The van der Waals surface area contributed by atoms with Gasteiger partial charge in [0, 0.05) is 0 Å². The van der Waals surface area contributed by atoms with Gasteiger partial charge in [-0.15, -0.1) is 0 Å². The van der Waals surface area contributed by atoms with Crippen molar-refractivity contribution in [1.29, 1.82) is 0 Å². The number of carbonyl (C=O) groups is 3. The lowest BCUT2D eigenvalue weighted by Crippen LogP contribution is -2.43. The molecule has 2 aromatic rings. The average molecular weight is 409 g/mol. The van der Waals surface area contributed by atoms with Gasteiger partial charge in [-0.05, 0) is 37.1 Å². The number of fused-ring (bicyclic) bond motifs is 1. The first-order valence-electron chi connectivity index (χ1n) is 9.77. The van der Waals surface area contributed by atoms with Gasteiger partial charge in [-0.3, -0.25) is 14.5 Å². The van der Waals surface area contributed by atoms with Crippen LogP contribution in [-0.4, -0.2) is 42.5 Å². The minimum absolute atomic E-state index is 0.247. The standard InChI is InChI=1S/C22H23N3O5/c1-14(15-6-4-3-5-7-15)23-19(26)13-25-20(27)22(2,24-21(25)28)16-8-9-17-18(12-16)30-11-10-29-17/h3-9,12,14H,10-11,13H2,1-2H3,(H,23,26)(H,24,28)/t14-,22-/m0/s1. The summed E-state index contributed by atoms with van der Waals surface area (Å²) in [5, 5.41) is 5.53. The van der Waals surface area contributed by atoms with E-state index in [0.29, 0.717) is 30.3 Å². The smallest absolute Gasteiger partial charge is 0.325 e. The molecule has 30 heavy (non-hydrogen) atoms. The zero-order chi connectivity index (χ0) is 21.3. The Kier molecular flexibility index (Phi) is 5.07. The highest BCUT2D eigenvalue weighted by Gasteiger charge is 2.49. The van der Waals surface area contributed by atoms with Gasteiger partial charge in [0.2, 0.25) is 5.91 Å². The van der Waals surface area contributed by atoms with Crippen LogP contribution >= 0.6 is 0 Å². The molecule has 4 rings (SSSR count). The van der Waals surface area contributed by atoms with Crippen molar-refractivity contribution in [1.82, 2.24) is 15.5 Å². The molecule has 8 heteroatoms. The van der Waals surface area contributed by atoms with Crippen molar-refractivity contribution in [2.24, 2.45) is 0 Å². The summed E-state index contributed by atoms with van der Waals surface area (Å²) in [6, 6.07) is 13.7. The molecule has 4 amide bonds. The Labute approximate surface area is 174 Å². The number of nitrogens with one attached hydrogen (secondary N) is 2. The number of hydrogen-bond acceptors (Lipinski definition) is 5. The van der Waals surface area contributed by atoms with E-state index < -0.39 is 23.4 Å². The third-order valence-corrected chi connectivity index (χ3v) is 5.37. The summed E-state index contributed by atoms with van der Waals surface area (Å²) in [7, 11) is 0. The van der Waals surface area contributed by atoms with Crippen LogP contribution in [-0.2, 0) is 15.1 Å². The molecular formula is C22H23N3O5. The summed E-state index contributed by atoms with van der Waals surface area (Å²) in [5.41, 5.74) is 0.202. The highest BCUT2D eigenvalue weighted by Crippen LogP contribution is 2.36. The van der Waals surface area contributed by atoms with Crippen LogP contribution in [0.1, 0.15) is 31.0 Å². The van der Waals surface area contributed by atoms with Crippen LogP contribution < -0.4 is 20.1 Å². The number of rotatable bonds is 5. The average Bonchev–Trinajstić information content (AvgIpc) is 2.98. The number of hydrogen-bond donors (Lipinski definition) is 2. The van der Waals surface area contributed by atoms with Crippen molar-refractivity contribution < 1.29 is 23.9 Å². The van der Waals surface area contributed by atoms with Crippen molar-refractivity contribution in [2.75, 3.05) is 19.8 Å². The first-order valence-corrected chi connectivity index (χ1v) is 9.77. The van der Waals surface area contributed by atoms with Crippen molar-refractivity contribution in [2.45, 2.75) is 25.4 Å². The van der Waals surface area contributed by atoms with Crippen molar-refractivity contribution in [3.05, 3.63) is 59.7 Å². The Morgan fingerprint density at radius 1 is 1.13 bits per heavy atom. The van der Waals surface area contributed by atoms with E-state index in [2.05, 4.69) is 10.6 Å². The van der Waals surface area contributed by atoms with Gasteiger partial charge in [0.15, 0.2) is 11.5 Å². The fourth-order valence-corrected chi connectivity index (χ4v) is 3.65. The van der Waals surface area contributed by atoms with E-state index in [1.165, 1.54) is 0 Å². The largest absolute Gasteiger partial charge is 0.486 e. The highest BCUT2D eigenvalue weighted by molar-refractivity contribution is 6.09. The molecule has 2 atom stereocenters. The van der Waals surface area contributed by atoms with Gasteiger partial charge in [-0.25, -0.2) is 4.79 Å². The van der Waals surface area contributed by atoms with E-state index in [1.807, 2.05) is 37.3 Å². The van der Waals surface area contributed by atoms with Gasteiger partial charge in [-0.1, -0.05) is 36.4 Å². The summed E-state index contributed by atoms with van der Waals surface area (Å²) in [5.74, 6) is 0.208. The topological polar surface area (TPSA) is 97.0 Å². The summed E-state index contributed by atoms with van der Waals surface area (Å²) >= 11 is 0. The fraction of sp³-hybridized carbons (Fsp3) is 0.318. The quantitative estimate of drug-likeness (QED) is 0.738. The summed E-state index contributed by atoms with van der Waals surface area (Å²) in [6.07, 6.45) is 0. The van der Waals surface area contributed by atoms with Crippen molar-refractivity contribution in [3.8, 4) is 11.5 Å². The maximum absolute atomic E-state index is 13.1. The van der Waals surface area contributed by atoms with E-state index in [-0.39, 0.29) is 12.6 Å². The van der Waals surface area contributed by atoms with Crippen molar-refractivity contribution in [3.63, 3.8) is 0 Å². The van der Waals surface area contributed by atoms with E-state index in [4.69, 9.17) is 9.47 Å². The number of benzene rings is 2. The van der Waals surface area contributed by atoms with Crippen LogP contribution in [0.2, 0.25) is 0 Å². The van der Waals surface area contributed by atoms with Crippen molar-refractivity contribution >= 4 is 17.8 Å². The summed E-state index contributed by atoms with van der Waals surface area (Å²) in [4.78, 5) is 39.0. The molecular weight excluding hydrogens is 386 g/mol. The molecule has 2 heterocycles. The minimum atomic E-state index is -1.29. The maximum atomic E-state index is 13.1. The molecule has 2 aromatic carbocycles. The zero-order valence-electron chi connectivity index (χ0n) is 16.8. The monoisotopic (exact) mass is 409 g/mol. The predicted molar refractivity (Wildman–Crippen MR) is 108 cm³/mol. The van der Waals surface area contributed by atoms with E-state index >= 15 is 0 Å². The minimum Gasteiger partial charge on any atom is -0.486 e. The predicted octanol–water partition coefficient (Wildman–Crippen LogP) is 2.10. The number of carbonyl (C=O) groups excluding carboxylic acids is 3. The second-order valence-corrected chi connectivity index (χ2v) is 7.50. The molecule has 2 aliphatic heterocycles. The van der Waals surface area contributed by atoms with Crippen LogP contribution in [0, 0.1) is 0 Å². The molecule has 0 saturated carbocycles. The molecule has 0 aromatic heterocycles. The summed E-state index contributed by atoms with van der Waals surface area (Å²) in [6.45, 7) is 3.98. The SMILES string of the molecule is C[C@H](NC(=O)CN1C(=O)N[C@@](C)(c2ccc3c(c2)OCCO3)C1=O)c1ccccc1. The zero-order valence-corrected chi connectivity index (χ0v) is 16.8. The van der Waals surface area contributed by atoms with Crippen LogP contribution in [0.3, 0.4) is 0 Å². The van der Waals surface area contributed by atoms with Crippen LogP contribution in [0.5, 0.6) is 11.5 Å². The molecule has 1 fully saturated rings. The second kappa shape index (κ2) is 7.70. The van der Waals surface area contributed by atoms with E-state index in [0.717, 1.165) is 10.5 Å². The Morgan fingerprint density at radius 2 is 1.83 bits per heavy atom. The third kappa shape index (κ3) is 3.56. The first-order chi connectivity index (χ1) is 14.4. The lowest BCUT2D eigenvalue weighted by Gasteiger charge is -2.25. The molecule has 2 aliphatic rings. The number of ether oxygens (including phenoxy) is 2. The van der Waals surface area contributed by atoms with Gasteiger partial charge in [0.1, 0.15) is 25.3 Å². The molecule has 1 saturated heterocycles. The number of urea groups is 1. The van der Waals surface area contributed by atoms with E-state index in [9.17, 15) is 14.4 Å². The molecule has 0 radical (unpaired) electrons. The Bertz CT molecular complexity index is 994. The molecule has 2 N–H and O–H groups in total. The molecule has 8 nitrogen and oxygen atoms in total. The molecule has 0 bridgehead atoms. The van der Waals surface area contributed by atoms with Crippen LogP contribution in [0.4, 0.5) is 4.79 Å². The molecule has 0 spiro atoms. The normalized spacial score (nSPS) is 21.2. The number of amides is 4. The lowest BCUT2D eigenvalue weighted by molar-refractivity contribution is -0.135. The maximum Gasteiger partial charge on any atom is 0.325 e. The Hall–Kier alpha value is -3.55. The van der Waals surface area contributed by atoms with Gasteiger partial charge in [0.05, 0.1) is 6.04 Å². The molecule has 0 aliphatic carbocycles. The van der Waals surface area contributed by atoms with Crippen LogP contribution in [0.15, 0.2) is 48.5 Å². The van der Waals surface area contributed by atoms with Gasteiger partial charge >= 0.3 is 6.03 Å². The Balaban J connectivity index is 1.48. The fourth-order valence-electron chi connectivity index (χ4n) is 3.65. The van der Waals surface area contributed by atoms with Gasteiger partial charge < -0.3 is 20.1 Å². The summed E-state index contributed by atoms with van der Waals surface area (Å²) < 4.78 is 11.1. The lowest BCUT2D eigenvalue weighted by atomic mass is 9.91. The van der Waals surface area contributed by atoms with Gasteiger partial charge in [-0.2, -0.15) is 0 Å². The van der Waals surface area contributed by atoms with E-state index in [1.54, 1.807) is 25.1 Å². The molecule has 0 unspecified atom stereocenters. The molecule has 156 valence electrons. The number of imide groups is 1. The second-order valence-electron chi connectivity index (χ2n) is 7.50. The highest BCUT2D eigenvalue weighted by atomic mass is 16.6. The number of nitrogens with zero attached hydrogens (tertiary/aromatic N) is 1. The third-order valence-electron chi connectivity index (χ3n) is 5.37.